The molecule has 0 aliphatic rings. The second-order valence-corrected chi connectivity index (χ2v) is 5.81. The van der Waals surface area contributed by atoms with Gasteiger partial charge in [-0.15, -0.1) is 0 Å². The van der Waals surface area contributed by atoms with E-state index in [2.05, 4.69) is 4.98 Å². The van der Waals surface area contributed by atoms with Gasteiger partial charge in [0.25, 0.3) is 5.56 Å². The van der Waals surface area contributed by atoms with E-state index in [1.54, 1.807) is 15.5 Å². The van der Waals surface area contributed by atoms with Crippen LogP contribution < -0.4 is 11.2 Å². The maximum absolute atomic E-state index is 12.7. The molecule has 126 valence electrons. The Morgan fingerprint density at radius 2 is 1.83 bits per heavy atom. The van der Waals surface area contributed by atoms with Crippen LogP contribution in [0.1, 0.15) is 46.5 Å². The van der Waals surface area contributed by atoms with Crippen molar-refractivity contribution in [1.29, 1.82) is 0 Å². The molecule has 0 spiro atoms. The lowest BCUT2D eigenvalue weighted by Gasteiger charge is -2.11. The molecule has 0 aliphatic heterocycles. The molecule has 0 amide bonds. The summed E-state index contributed by atoms with van der Waals surface area (Å²) in [6.07, 6.45) is 4.34. The van der Waals surface area contributed by atoms with E-state index in [9.17, 15) is 14.4 Å². The lowest BCUT2D eigenvalue weighted by molar-refractivity contribution is -0.117. The van der Waals surface area contributed by atoms with E-state index in [-0.39, 0.29) is 17.0 Å². The first kappa shape index (κ1) is 17.2. The van der Waals surface area contributed by atoms with Crippen LogP contribution in [0.2, 0.25) is 0 Å². The zero-order chi connectivity index (χ0) is 17.0. The summed E-state index contributed by atoms with van der Waals surface area (Å²) < 4.78 is 4.55. The fourth-order valence-electron chi connectivity index (χ4n) is 2.62. The van der Waals surface area contributed by atoms with Crippen LogP contribution in [0.5, 0.6) is 0 Å². The van der Waals surface area contributed by atoms with Gasteiger partial charge in [0.15, 0.2) is 11.2 Å². The molecule has 0 fully saturated rings. The van der Waals surface area contributed by atoms with Gasteiger partial charge in [-0.1, -0.05) is 20.3 Å². The van der Waals surface area contributed by atoms with E-state index >= 15 is 0 Å². The average molecular weight is 320 g/mol. The summed E-state index contributed by atoms with van der Waals surface area (Å²) in [4.78, 5) is 40.8. The zero-order valence-electron chi connectivity index (χ0n) is 14.0. The maximum Gasteiger partial charge on any atom is 0.332 e. The molecule has 0 aromatic carbocycles. The van der Waals surface area contributed by atoms with E-state index in [0.29, 0.717) is 37.2 Å². The second kappa shape index (κ2) is 7.39. The smallest absolute Gasteiger partial charge is 0.324 e. The molecule has 2 aromatic heterocycles. The molecule has 0 bridgehead atoms. The van der Waals surface area contributed by atoms with Gasteiger partial charge in [0.1, 0.15) is 5.78 Å². The molecule has 2 aromatic rings. The molecule has 2 rings (SSSR count). The standard InChI is InChI=1S/C16H24N4O3/c1-4-6-9-20-15(22)13-14(19(8-5-2)16(20)23)17-11-18(13)10-7-12(3)21/h11H,4-10H2,1-3H3. The highest BCUT2D eigenvalue weighted by molar-refractivity contribution is 5.76. The van der Waals surface area contributed by atoms with Gasteiger partial charge in [-0.05, 0) is 19.8 Å². The molecule has 7 heteroatoms. The average Bonchev–Trinajstić information content (AvgIpc) is 2.93. The fourth-order valence-corrected chi connectivity index (χ4v) is 2.62. The van der Waals surface area contributed by atoms with E-state index in [0.717, 1.165) is 19.3 Å². The molecule has 0 saturated carbocycles. The van der Waals surface area contributed by atoms with Crippen molar-refractivity contribution in [3.05, 3.63) is 27.2 Å². The van der Waals surface area contributed by atoms with Crippen LogP contribution >= 0.6 is 0 Å². The molecule has 2 heterocycles. The van der Waals surface area contributed by atoms with Gasteiger partial charge in [-0.3, -0.25) is 18.7 Å². The highest BCUT2D eigenvalue weighted by Crippen LogP contribution is 2.08. The monoisotopic (exact) mass is 320 g/mol. The van der Waals surface area contributed by atoms with Crippen molar-refractivity contribution in [1.82, 2.24) is 18.7 Å². The lowest BCUT2D eigenvalue weighted by Crippen LogP contribution is -2.40. The summed E-state index contributed by atoms with van der Waals surface area (Å²) in [6, 6.07) is 0. The molecular formula is C16H24N4O3. The van der Waals surface area contributed by atoms with Crippen molar-refractivity contribution < 1.29 is 4.79 Å². The van der Waals surface area contributed by atoms with Gasteiger partial charge in [-0.25, -0.2) is 9.78 Å². The number of hydrogen-bond donors (Lipinski definition) is 0. The molecule has 0 N–H and O–H groups in total. The molecule has 0 atom stereocenters. The van der Waals surface area contributed by atoms with Crippen molar-refractivity contribution in [2.45, 2.75) is 66.1 Å². The number of aryl methyl sites for hydroxylation is 2. The largest absolute Gasteiger partial charge is 0.332 e. The Balaban J connectivity index is 2.66. The normalized spacial score (nSPS) is 11.3. The van der Waals surface area contributed by atoms with Crippen LogP contribution in [-0.2, 0) is 24.4 Å². The number of fused-ring (bicyclic) bond motifs is 1. The quantitative estimate of drug-likeness (QED) is 0.739. The van der Waals surface area contributed by atoms with E-state index < -0.39 is 0 Å². The number of rotatable bonds is 8. The van der Waals surface area contributed by atoms with Gasteiger partial charge >= 0.3 is 5.69 Å². The summed E-state index contributed by atoms with van der Waals surface area (Å²) in [5.74, 6) is 0.0556. The van der Waals surface area contributed by atoms with Crippen LogP contribution in [0.4, 0.5) is 0 Å². The van der Waals surface area contributed by atoms with Crippen molar-refractivity contribution >= 4 is 16.9 Å². The van der Waals surface area contributed by atoms with E-state index in [1.807, 2.05) is 13.8 Å². The summed E-state index contributed by atoms with van der Waals surface area (Å²) in [5.41, 5.74) is 0.218. The van der Waals surface area contributed by atoms with Gasteiger partial charge in [0, 0.05) is 26.1 Å². The fraction of sp³-hybridized carbons (Fsp3) is 0.625. The summed E-state index contributed by atoms with van der Waals surface area (Å²) in [5, 5.41) is 0. The topological polar surface area (TPSA) is 78.9 Å². The highest BCUT2D eigenvalue weighted by Gasteiger charge is 2.17. The number of carbonyl (C=O) groups is 1. The van der Waals surface area contributed by atoms with E-state index in [1.165, 1.54) is 11.5 Å². The van der Waals surface area contributed by atoms with Crippen LogP contribution in [-0.4, -0.2) is 24.5 Å². The summed E-state index contributed by atoms with van der Waals surface area (Å²) in [6.45, 7) is 6.85. The molecule has 0 unspecified atom stereocenters. The Kier molecular flexibility index (Phi) is 5.52. The molecular weight excluding hydrogens is 296 g/mol. The molecule has 0 aliphatic carbocycles. The number of unbranched alkanes of at least 4 members (excludes halogenated alkanes) is 1. The summed E-state index contributed by atoms with van der Waals surface area (Å²) in [7, 11) is 0. The van der Waals surface area contributed by atoms with Gasteiger partial charge in [-0.2, -0.15) is 0 Å². The number of carbonyl (C=O) groups excluding carboxylic acids is 1. The van der Waals surface area contributed by atoms with Crippen LogP contribution in [0.25, 0.3) is 11.2 Å². The molecule has 0 saturated heterocycles. The second-order valence-electron chi connectivity index (χ2n) is 5.81. The predicted octanol–water partition coefficient (Wildman–Crippen LogP) is 1.55. The number of aromatic nitrogens is 4. The van der Waals surface area contributed by atoms with Crippen LogP contribution in [0.15, 0.2) is 15.9 Å². The first-order chi connectivity index (χ1) is 11.0. The summed E-state index contributed by atoms with van der Waals surface area (Å²) >= 11 is 0. The molecule has 23 heavy (non-hydrogen) atoms. The van der Waals surface area contributed by atoms with Gasteiger partial charge < -0.3 is 4.57 Å². The number of ketones is 1. The number of Topliss-reactive ketones (excluding diaryl/α,β-unsaturated/α-hetero) is 1. The molecule has 0 radical (unpaired) electrons. The third-order valence-corrected chi connectivity index (χ3v) is 3.87. The highest BCUT2D eigenvalue weighted by atomic mass is 16.2. The van der Waals surface area contributed by atoms with Crippen molar-refractivity contribution in [2.24, 2.45) is 0 Å². The van der Waals surface area contributed by atoms with Crippen molar-refractivity contribution in [3.8, 4) is 0 Å². The first-order valence-corrected chi connectivity index (χ1v) is 8.19. The first-order valence-electron chi connectivity index (χ1n) is 8.19. The number of imidazole rings is 1. The predicted molar refractivity (Wildman–Crippen MR) is 88.8 cm³/mol. The number of nitrogens with zero attached hydrogens (tertiary/aromatic N) is 4. The Morgan fingerprint density at radius 3 is 2.43 bits per heavy atom. The third-order valence-electron chi connectivity index (χ3n) is 3.87. The minimum Gasteiger partial charge on any atom is -0.324 e. The zero-order valence-corrected chi connectivity index (χ0v) is 14.0. The van der Waals surface area contributed by atoms with Crippen molar-refractivity contribution in [3.63, 3.8) is 0 Å². The Hall–Kier alpha value is -2.18. The Bertz CT molecular complexity index is 813. The van der Waals surface area contributed by atoms with Gasteiger partial charge in [0.05, 0.1) is 6.33 Å². The minimum atomic E-state index is -0.313. The Morgan fingerprint density at radius 1 is 1.09 bits per heavy atom. The Labute approximate surface area is 134 Å². The van der Waals surface area contributed by atoms with Crippen LogP contribution in [0, 0.1) is 0 Å². The third kappa shape index (κ3) is 3.43. The van der Waals surface area contributed by atoms with Gasteiger partial charge in [0.2, 0.25) is 0 Å². The maximum atomic E-state index is 12.7. The molecule has 7 nitrogen and oxygen atoms in total. The SMILES string of the molecule is CCCCn1c(=O)c2c(ncn2CCC(C)=O)n(CCC)c1=O. The van der Waals surface area contributed by atoms with E-state index in [4.69, 9.17) is 0 Å². The van der Waals surface area contributed by atoms with Crippen LogP contribution in [0.3, 0.4) is 0 Å². The number of hydrogen-bond acceptors (Lipinski definition) is 4. The lowest BCUT2D eigenvalue weighted by atomic mass is 10.3. The minimum absolute atomic E-state index is 0.0556. The van der Waals surface area contributed by atoms with Crippen molar-refractivity contribution in [2.75, 3.05) is 0 Å².